The van der Waals surface area contributed by atoms with E-state index in [1.807, 2.05) is 11.8 Å². The smallest absolute Gasteiger partial charge is 0.194 e. The number of nitrogens with zero attached hydrogens (tertiary/aromatic N) is 1. The third kappa shape index (κ3) is 2.98. The van der Waals surface area contributed by atoms with Gasteiger partial charge in [0.25, 0.3) is 0 Å². The highest BCUT2D eigenvalue weighted by Crippen LogP contribution is 2.26. The molecule has 1 N–H and O–H groups in total. The van der Waals surface area contributed by atoms with Gasteiger partial charge in [0, 0.05) is 6.42 Å². The first kappa shape index (κ1) is 11.0. The molecule has 1 saturated heterocycles. The molecule has 15 heavy (non-hydrogen) atoms. The molecule has 1 aliphatic heterocycles. The van der Waals surface area contributed by atoms with Gasteiger partial charge in [-0.2, -0.15) is 11.8 Å². The summed E-state index contributed by atoms with van der Waals surface area (Å²) in [4.78, 5) is 4.28. The fraction of sp³-hybridized carbons (Fsp3) is 0.727. The van der Waals surface area contributed by atoms with Crippen LogP contribution in [0.15, 0.2) is 10.7 Å². The summed E-state index contributed by atoms with van der Waals surface area (Å²) in [7, 11) is 0. The van der Waals surface area contributed by atoms with Crippen molar-refractivity contribution in [2.75, 3.05) is 11.5 Å². The van der Waals surface area contributed by atoms with E-state index >= 15 is 0 Å². The molecule has 4 heteroatoms. The fourth-order valence-corrected chi connectivity index (χ4v) is 3.01. The molecule has 2 heterocycles. The lowest BCUT2D eigenvalue weighted by molar-refractivity contribution is 0.194. The van der Waals surface area contributed by atoms with Crippen LogP contribution >= 0.6 is 11.8 Å². The number of rotatable bonds is 3. The largest absolute Gasteiger partial charge is 0.449 e. The minimum atomic E-state index is -0.524. The van der Waals surface area contributed by atoms with E-state index in [2.05, 4.69) is 4.98 Å². The quantitative estimate of drug-likeness (QED) is 0.861. The Balaban J connectivity index is 1.91. The number of aliphatic hydroxyl groups is 1. The van der Waals surface area contributed by atoms with Gasteiger partial charge in [-0.15, -0.1) is 0 Å². The molecule has 0 bridgehead atoms. The van der Waals surface area contributed by atoms with Crippen molar-refractivity contribution in [1.82, 2.24) is 4.98 Å². The van der Waals surface area contributed by atoms with Crippen LogP contribution < -0.4 is 0 Å². The van der Waals surface area contributed by atoms with Crippen LogP contribution in [0.5, 0.6) is 0 Å². The lowest BCUT2D eigenvalue weighted by Crippen LogP contribution is -2.12. The fourth-order valence-electron chi connectivity index (χ4n) is 1.81. The zero-order valence-electron chi connectivity index (χ0n) is 8.98. The number of aliphatic hydroxyl groups excluding tert-OH is 1. The van der Waals surface area contributed by atoms with Crippen LogP contribution in [0.25, 0.3) is 0 Å². The normalized spacial score (nSPS) is 20.4. The summed E-state index contributed by atoms with van der Waals surface area (Å²) >= 11 is 2.03. The Kier molecular flexibility index (Phi) is 3.70. The highest BCUT2D eigenvalue weighted by atomic mass is 32.2. The Morgan fingerprint density at radius 3 is 2.93 bits per heavy atom. The van der Waals surface area contributed by atoms with Gasteiger partial charge in [0.15, 0.2) is 5.89 Å². The summed E-state index contributed by atoms with van der Waals surface area (Å²) in [5.74, 6) is 4.01. The van der Waals surface area contributed by atoms with E-state index in [1.165, 1.54) is 24.3 Å². The van der Waals surface area contributed by atoms with Crippen LogP contribution in [0, 0.1) is 5.92 Å². The average Bonchev–Trinajstić information content (AvgIpc) is 2.68. The molecule has 1 fully saturated rings. The van der Waals surface area contributed by atoms with Gasteiger partial charge in [-0.05, 0) is 37.2 Å². The highest BCUT2D eigenvalue weighted by molar-refractivity contribution is 7.99. The average molecular weight is 227 g/mol. The lowest BCUT2D eigenvalue weighted by Gasteiger charge is -2.19. The second-order valence-electron chi connectivity index (χ2n) is 4.10. The summed E-state index contributed by atoms with van der Waals surface area (Å²) in [6.07, 6.45) is 4.49. The number of hydrogen-bond donors (Lipinski definition) is 1. The van der Waals surface area contributed by atoms with E-state index in [-0.39, 0.29) is 0 Å². The predicted molar refractivity (Wildman–Crippen MR) is 60.9 cm³/mol. The zero-order chi connectivity index (χ0) is 10.7. The maximum absolute atomic E-state index is 9.32. The van der Waals surface area contributed by atoms with E-state index < -0.39 is 6.10 Å². The SMILES string of the molecule is CC(O)c1coc(CC2CCSCC2)n1. The van der Waals surface area contributed by atoms with Crippen molar-refractivity contribution in [2.45, 2.75) is 32.3 Å². The number of thioether (sulfide) groups is 1. The molecule has 84 valence electrons. The molecule has 0 radical (unpaired) electrons. The summed E-state index contributed by atoms with van der Waals surface area (Å²) in [6, 6.07) is 0. The molecule has 0 amide bonds. The second-order valence-corrected chi connectivity index (χ2v) is 5.33. The number of oxazole rings is 1. The third-order valence-electron chi connectivity index (χ3n) is 2.80. The van der Waals surface area contributed by atoms with Crippen LogP contribution in [-0.4, -0.2) is 21.6 Å². The van der Waals surface area contributed by atoms with Gasteiger partial charge in [-0.25, -0.2) is 4.98 Å². The summed E-state index contributed by atoms with van der Waals surface area (Å²) in [5, 5.41) is 9.32. The van der Waals surface area contributed by atoms with E-state index in [0.717, 1.165) is 12.3 Å². The number of aromatic nitrogens is 1. The predicted octanol–water partition coefficient (Wildman–Crippen LogP) is 2.41. The first-order chi connectivity index (χ1) is 7.25. The first-order valence-corrected chi connectivity index (χ1v) is 6.61. The Morgan fingerprint density at radius 1 is 1.60 bits per heavy atom. The second kappa shape index (κ2) is 5.03. The molecule has 1 unspecified atom stereocenters. The van der Waals surface area contributed by atoms with Crippen LogP contribution in [0.3, 0.4) is 0 Å². The van der Waals surface area contributed by atoms with Crippen molar-refractivity contribution >= 4 is 11.8 Å². The minimum Gasteiger partial charge on any atom is -0.449 e. The van der Waals surface area contributed by atoms with Crippen LogP contribution in [0.2, 0.25) is 0 Å². The molecule has 1 atom stereocenters. The number of hydrogen-bond acceptors (Lipinski definition) is 4. The molecule has 2 rings (SSSR count). The molecule has 0 saturated carbocycles. The molecule has 0 spiro atoms. The van der Waals surface area contributed by atoms with Crippen molar-refractivity contribution in [2.24, 2.45) is 5.92 Å². The van der Waals surface area contributed by atoms with Gasteiger partial charge < -0.3 is 9.52 Å². The molecular weight excluding hydrogens is 210 g/mol. The van der Waals surface area contributed by atoms with Gasteiger partial charge >= 0.3 is 0 Å². The molecule has 1 aliphatic rings. The van der Waals surface area contributed by atoms with Gasteiger partial charge in [0.05, 0.1) is 6.10 Å². The third-order valence-corrected chi connectivity index (χ3v) is 3.85. The van der Waals surface area contributed by atoms with Gasteiger partial charge in [-0.1, -0.05) is 0 Å². The molecule has 1 aromatic heterocycles. The Morgan fingerprint density at radius 2 is 2.33 bits per heavy atom. The molecule has 3 nitrogen and oxygen atoms in total. The van der Waals surface area contributed by atoms with E-state index in [4.69, 9.17) is 4.42 Å². The van der Waals surface area contributed by atoms with E-state index in [9.17, 15) is 5.11 Å². The van der Waals surface area contributed by atoms with Crippen molar-refractivity contribution in [3.8, 4) is 0 Å². The van der Waals surface area contributed by atoms with Crippen molar-refractivity contribution in [3.63, 3.8) is 0 Å². The summed E-state index contributed by atoms with van der Waals surface area (Å²) in [6.45, 7) is 1.71. The van der Waals surface area contributed by atoms with Gasteiger partial charge in [-0.3, -0.25) is 0 Å². The van der Waals surface area contributed by atoms with E-state index in [1.54, 1.807) is 13.2 Å². The Bertz CT molecular complexity index is 305. The van der Waals surface area contributed by atoms with Crippen molar-refractivity contribution < 1.29 is 9.52 Å². The van der Waals surface area contributed by atoms with Gasteiger partial charge in [0.1, 0.15) is 12.0 Å². The first-order valence-electron chi connectivity index (χ1n) is 5.46. The summed E-state index contributed by atoms with van der Waals surface area (Å²) in [5.41, 5.74) is 0.648. The minimum absolute atomic E-state index is 0.524. The van der Waals surface area contributed by atoms with Gasteiger partial charge in [0.2, 0.25) is 0 Å². The molecular formula is C11H17NO2S. The highest BCUT2D eigenvalue weighted by Gasteiger charge is 2.17. The zero-order valence-corrected chi connectivity index (χ0v) is 9.80. The Labute approximate surface area is 94.3 Å². The van der Waals surface area contributed by atoms with Crippen molar-refractivity contribution in [3.05, 3.63) is 17.8 Å². The van der Waals surface area contributed by atoms with E-state index in [0.29, 0.717) is 11.6 Å². The Hall–Kier alpha value is -0.480. The lowest BCUT2D eigenvalue weighted by atomic mass is 9.99. The summed E-state index contributed by atoms with van der Waals surface area (Å²) < 4.78 is 5.35. The molecule has 1 aromatic rings. The maximum Gasteiger partial charge on any atom is 0.194 e. The van der Waals surface area contributed by atoms with Crippen LogP contribution in [0.4, 0.5) is 0 Å². The van der Waals surface area contributed by atoms with Crippen LogP contribution in [-0.2, 0) is 6.42 Å². The van der Waals surface area contributed by atoms with Crippen LogP contribution in [0.1, 0.15) is 37.5 Å². The molecule has 0 aromatic carbocycles. The van der Waals surface area contributed by atoms with Crippen molar-refractivity contribution in [1.29, 1.82) is 0 Å². The maximum atomic E-state index is 9.32. The standard InChI is InChI=1S/C11H17NO2S/c1-8(13)10-7-14-11(12-10)6-9-2-4-15-5-3-9/h7-9,13H,2-6H2,1H3. The topological polar surface area (TPSA) is 46.3 Å². The monoisotopic (exact) mass is 227 g/mol. The molecule has 0 aliphatic carbocycles.